The molecule has 1 rings (SSSR count). The highest BCUT2D eigenvalue weighted by molar-refractivity contribution is 4.86. The molecule has 4 atom stereocenters. The first-order chi connectivity index (χ1) is 7.81. The van der Waals surface area contributed by atoms with Gasteiger partial charge in [-0.1, -0.05) is 33.6 Å². The SMILES string of the molecule is CC(C)(C)CCCC[C@@H]1OC[C@@H](O)C(O)C1O. The van der Waals surface area contributed by atoms with Crippen LogP contribution in [0, 0.1) is 5.41 Å². The molecule has 4 heteroatoms. The molecule has 0 aromatic rings. The Labute approximate surface area is 104 Å². The quantitative estimate of drug-likeness (QED) is 0.649. The van der Waals surface area contributed by atoms with Crippen LogP contribution in [-0.4, -0.2) is 46.3 Å². The molecule has 4 nitrogen and oxygen atoms in total. The summed E-state index contributed by atoms with van der Waals surface area (Å²) in [5.41, 5.74) is 0.335. The predicted octanol–water partition coefficient (Wildman–Crippen LogP) is 1.07. The van der Waals surface area contributed by atoms with Crippen molar-refractivity contribution in [3.05, 3.63) is 0 Å². The van der Waals surface area contributed by atoms with E-state index in [1.54, 1.807) is 0 Å². The van der Waals surface area contributed by atoms with Gasteiger partial charge in [0.05, 0.1) is 12.7 Å². The maximum atomic E-state index is 9.73. The van der Waals surface area contributed by atoms with Crippen molar-refractivity contribution in [1.82, 2.24) is 0 Å². The molecule has 102 valence electrons. The minimum absolute atomic E-state index is 0.113. The Morgan fingerprint density at radius 3 is 2.29 bits per heavy atom. The summed E-state index contributed by atoms with van der Waals surface area (Å²) in [5, 5.41) is 28.6. The lowest BCUT2D eigenvalue weighted by molar-refractivity contribution is -0.188. The van der Waals surface area contributed by atoms with Gasteiger partial charge < -0.3 is 20.1 Å². The Bertz CT molecular complexity index is 224. The van der Waals surface area contributed by atoms with Crippen molar-refractivity contribution >= 4 is 0 Å². The molecule has 1 saturated heterocycles. The second kappa shape index (κ2) is 6.14. The van der Waals surface area contributed by atoms with Crippen LogP contribution >= 0.6 is 0 Å². The Morgan fingerprint density at radius 2 is 1.71 bits per heavy atom. The second-order valence-electron chi connectivity index (χ2n) is 6.23. The van der Waals surface area contributed by atoms with Crippen LogP contribution in [-0.2, 0) is 4.74 Å². The van der Waals surface area contributed by atoms with Crippen molar-refractivity contribution in [3.8, 4) is 0 Å². The summed E-state index contributed by atoms with van der Waals surface area (Å²) < 4.78 is 5.35. The van der Waals surface area contributed by atoms with Crippen molar-refractivity contribution in [2.24, 2.45) is 5.41 Å². The fourth-order valence-corrected chi connectivity index (χ4v) is 2.12. The van der Waals surface area contributed by atoms with Gasteiger partial charge in [-0.05, 0) is 18.3 Å². The fraction of sp³-hybridized carbons (Fsp3) is 1.00. The standard InChI is InChI=1S/C13H26O4/c1-13(2,3)7-5-4-6-10-12(16)11(15)9(14)8-17-10/h9-12,14-16H,4-8H2,1-3H3/t9-,10+,11?,12?/m1/s1. The first-order valence-electron chi connectivity index (χ1n) is 6.47. The number of ether oxygens (including phenoxy) is 1. The molecule has 1 heterocycles. The minimum Gasteiger partial charge on any atom is -0.388 e. The number of rotatable bonds is 4. The molecule has 1 fully saturated rings. The molecule has 0 aromatic carbocycles. The van der Waals surface area contributed by atoms with Crippen molar-refractivity contribution in [2.45, 2.75) is 70.9 Å². The molecule has 0 saturated carbocycles. The number of aliphatic hydroxyl groups excluding tert-OH is 3. The fourth-order valence-electron chi connectivity index (χ4n) is 2.12. The maximum Gasteiger partial charge on any atom is 0.111 e. The van der Waals surface area contributed by atoms with Crippen LogP contribution in [0.1, 0.15) is 46.5 Å². The van der Waals surface area contributed by atoms with E-state index in [9.17, 15) is 15.3 Å². The highest BCUT2D eigenvalue weighted by Gasteiger charge is 2.36. The van der Waals surface area contributed by atoms with Crippen molar-refractivity contribution in [1.29, 1.82) is 0 Å². The summed E-state index contributed by atoms with van der Waals surface area (Å²) in [6.45, 7) is 6.74. The molecule has 0 radical (unpaired) electrons. The third-order valence-corrected chi connectivity index (χ3v) is 3.27. The number of unbranched alkanes of at least 4 members (excludes halogenated alkanes) is 1. The van der Waals surface area contributed by atoms with Crippen LogP contribution < -0.4 is 0 Å². The van der Waals surface area contributed by atoms with Gasteiger partial charge in [-0.25, -0.2) is 0 Å². The zero-order chi connectivity index (χ0) is 13.1. The first-order valence-corrected chi connectivity index (χ1v) is 6.47. The first kappa shape index (κ1) is 14.9. The van der Waals surface area contributed by atoms with Crippen LogP contribution in [0.4, 0.5) is 0 Å². The molecule has 0 aromatic heterocycles. The van der Waals surface area contributed by atoms with E-state index in [1.807, 2.05) is 0 Å². The smallest absolute Gasteiger partial charge is 0.111 e. The van der Waals surface area contributed by atoms with Crippen LogP contribution in [0.25, 0.3) is 0 Å². The molecule has 1 aliphatic heterocycles. The summed E-state index contributed by atoms with van der Waals surface area (Å²) in [7, 11) is 0. The average Bonchev–Trinajstić information content (AvgIpc) is 2.22. The Kier molecular flexibility index (Phi) is 5.38. The van der Waals surface area contributed by atoms with Gasteiger partial charge in [0, 0.05) is 0 Å². The zero-order valence-electron chi connectivity index (χ0n) is 11.1. The van der Waals surface area contributed by atoms with Gasteiger partial charge in [0.1, 0.15) is 18.3 Å². The predicted molar refractivity (Wildman–Crippen MR) is 65.7 cm³/mol. The van der Waals surface area contributed by atoms with Gasteiger partial charge in [0.25, 0.3) is 0 Å². The average molecular weight is 246 g/mol. The Hall–Kier alpha value is -0.160. The second-order valence-corrected chi connectivity index (χ2v) is 6.23. The molecule has 2 unspecified atom stereocenters. The summed E-state index contributed by atoms with van der Waals surface area (Å²) in [4.78, 5) is 0. The van der Waals surface area contributed by atoms with Gasteiger partial charge in [-0.15, -0.1) is 0 Å². The molecule has 0 amide bonds. The topological polar surface area (TPSA) is 69.9 Å². The highest BCUT2D eigenvalue weighted by atomic mass is 16.5. The van der Waals surface area contributed by atoms with Gasteiger partial charge in [-0.2, -0.15) is 0 Å². The molecule has 0 aliphatic carbocycles. The highest BCUT2D eigenvalue weighted by Crippen LogP contribution is 2.24. The van der Waals surface area contributed by atoms with E-state index in [2.05, 4.69) is 20.8 Å². The minimum atomic E-state index is -1.07. The van der Waals surface area contributed by atoms with E-state index >= 15 is 0 Å². The van der Waals surface area contributed by atoms with E-state index in [-0.39, 0.29) is 12.7 Å². The van der Waals surface area contributed by atoms with Crippen molar-refractivity contribution < 1.29 is 20.1 Å². The van der Waals surface area contributed by atoms with E-state index in [0.29, 0.717) is 5.41 Å². The normalized spacial score (nSPS) is 34.9. The van der Waals surface area contributed by atoms with Gasteiger partial charge in [0.15, 0.2) is 0 Å². The number of hydrogen-bond acceptors (Lipinski definition) is 4. The summed E-state index contributed by atoms with van der Waals surface area (Å²) >= 11 is 0. The Morgan fingerprint density at radius 1 is 1.06 bits per heavy atom. The molecule has 1 aliphatic rings. The van der Waals surface area contributed by atoms with E-state index in [1.165, 1.54) is 0 Å². The summed E-state index contributed by atoms with van der Waals surface area (Å²) in [6, 6.07) is 0. The third kappa shape index (κ3) is 4.92. The summed E-state index contributed by atoms with van der Waals surface area (Å²) in [5.74, 6) is 0. The zero-order valence-corrected chi connectivity index (χ0v) is 11.1. The number of hydrogen-bond donors (Lipinski definition) is 3. The molecule has 17 heavy (non-hydrogen) atoms. The Balaban J connectivity index is 2.23. The van der Waals surface area contributed by atoms with Crippen LogP contribution in [0.5, 0.6) is 0 Å². The van der Waals surface area contributed by atoms with Crippen LogP contribution in [0.3, 0.4) is 0 Å². The lowest BCUT2D eigenvalue weighted by Crippen LogP contribution is -2.52. The summed E-state index contributed by atoms with van der Waals surface area (Å²) in [6.07, 6.45) is 0.604. The van der Waals surface area contributed by atoms with E-state index in [4.69, 9.17) is 4.74 Å². The maximum absolute atomic E-state index is 9.73. The van der Waals surface area contributed by atoms with Gasteiger partial charge in [0.2, 0.25) is 0 Å². The van der Waals surface area contributed by atoms with Crippen LogP contribution in [0.15, 0.2) is 0 Å². The lowest BCUT2D eigenvalue weighted by Gasteiger charge is -2.35. The van der Waals surface area contributed by atoms with Gasteiger partial charge >= 0.3 is 0 Å². The monoisotopic (exact) mass is 246 g/mol. The lowest BCUT2D eigenvalue weighted by atomic mass is 9.88. The van der Waals surface area contributed by atoms with Crippen molar-refractivity contribution in [3.63, 3.8) is 0 Å². The van der Waals surface area contributed by atoms with Crippen molar-refractivity contribution in [2.75, 3.05) is 6.61 Å². The van der Waals surface area contributed by atoms with E-state index in [0.717, 1.165) is 25.7 Å². The largest absolute Gasteiger partial charge is 0.388 e. The molecule has 0 spiro atoms. The molecule has 3 N–H and O–H groups in total. The molecular weight excluding hydrogens is 220 g/mol. The third-order valence-electron chi connectivity index (χ3n) is 3.27. The van der Waals surface area contributed by atoms with Gasteiger partial charge in [-0.3, -0.25) is 0 Å². The molecule has 0 bridgehead atoms. The van der Waals surface area contributed by atoms with E-state index < -0.39 is 18.3 Å². The number of aliphatic hydroxyl groups is 3. The van der Waals surface area contributed by atoms with Crippen LogP contribution in [0.2, 0.25) is 0 Å². The molecular formula is C13H26O4.